The van der Waals surface area contributed by atoms with Crippen LogP contribution < -0.4 is 5.32 Å². The van der Waals surface area contributed by atoms with Crippen LogP contribution in [-0.2, 0) is 6.54 Å². The number of aromatic amines is 1. The average molecular weight is 237 g/mol. The van der Waals surface area contributed by atoms with Gasteiger partial charge in [0.1, 0.15) is 12.2 Å². The van der Waals surface area contributed by atoms with Gasteiger partial charge in [-0.3, -0.25) is 5.10 Å². The first-order valence-corrected chi connectivity index (χ1v) is 6.59. The van der Waals surface area contributed by atoms with Crippen LogP contribution >= 0.6 is 0 Å². The summed E-state index contributed by atoms with van der Waals surface area (Å²) < 4.78 is 0. The first-order valence-electron chi connectivity index (χ1n) is 6.59. The molecule has 2 N–H and O–H groups in total. The van der Waals surface area contributed by atoms with Gasteiger partial charge in [0.05, 0.1) is 6.54 Å². The van der Waals surface area contributed by atoms with Gasteiger partial charge in [0.25, 0.3) is 0 Å². The molecule has 0 saturated carbocycles. The first-order chi connectivity index (χ1) is 8.29. The molecule has 1 aromatic rings. The minimum atomic E-state index is 0.555. The number of hydrogen-bond acceptors (Lipinski definition) is 4. The summed E-state index contributed by atoms with van der Waals surface area (Å²) in [5.41, 5.74) is 0. The monoisotopic (exact) mass is 237 g/mol. The van der Waals surface area contributed by atoms with Crippen LogP contribution in [0.3, 0.4) is 0 Å². The summed E-state index contributed by atoms with van der Waals surface area (Å²) in [4.78, 5) is 6.65. The van der Waals surface area contributed by atoms with Gasteiger partial charge in [0.15, 0.2) is 0 Å². The maximum Gasteiger partial charge on any atom is 0.138 e. The van der Waals surface area contributed by atoms with Gasteiger partial charge in [-0.1, -0.05) is 6.92 Å². The molecule has 1 saturated heterocycles. The van der Waals surface area contributed by atoms with Crippen molar-refractivity contribution in [3.05, 3.63) is 12.2 Å². The maximum atomic E-state index is 4.12. The number of rotatable bonds is 5. The lowest BCUT2D eigenvalue weighted by Crippen LogP contribution is -2.41. The summed E-state index contributed by atoms with van der Waals surface area (Å²) >= 11 is 0. The van der Waals surface area contributed by atoms with Crippen LogP contribution in [0.25, 0.3) is 0 Å². The molecule has 2 rings (SSSR count). The Bertz CT molecular complexity index is 303. The number of nitrogens with zero attached hydrogens (tertiary/aromatic N) is 3. The second kappa shape index (κ2) is 6.12. The SMILES string of the molecule is CCN1CCC(C(C)NCc2ncn[nH]2)CC1. The van der Waals surface area contributed by atoms with Crippen LogP contribution in [0.15, 0.2) is 6.33 Å². The highest BCUT2D eigenvalue weighted by Gasteiger charge is 2.22. The highest BCUT2D eigenvalue weighted by atomic mass is 15.2. The number of aromatic nitrogens is 3. The second-order valence-electron chi connectivity index (χ2n) is 4.87. The predicted molar refractivity (Wildman–Crippen MR) is 67.5 cm³/mol. The minimum Gasteiger partial charge on any atom is -0.307 e. The summed E-state index contributed by atoms with van der Waals surface area (Å²) in [6.45, 7) is 8.99. The van der Waals surface area contributed by atoms with Crippen LogP contribution in [-0.4, -0.2) is 45.8 Å². The largest absolute Gasteiger partial charge is 0.307 e. The molecule has 0 radical (unpaired) electrons. The van der Waals surface area contributed by atoms with Crippen molar-refractivity contribution in [2.45, 2.75) is 39.3 Å². The van der Waals surface area contributed by atoms with E-state index in [4.69, 9.17) is 0 Å². The Labute approximate surface area is 103 Å². The van der Waals surface area contributed by atoms with Crippen LogP contribution in [0.2, 0.25) is 0 Å². The lowest BCUT2D eigenvalue weighted by Gasteiger charge is -2.34. The summed E-state index contributed by atoms with van der Waals surface area (Å²) in [7, 11) is 0. The first kappa shape index (κ1) is 12.5. The van der Waals surface area contributed by atoms with Gasteiger partial charge in [0.2, 0.25) is 0 Å². The number of nitrogens with one attached hydrogen (secondary N) is 2. The zero-order valence-corrected chi connectivity index (χ0v) is 10.8. The topological polar surface area (TPSA) is 56.8 Å². The molecule has 2 heterocycles. The number of likely N-dealkylation sites (tertiary alicyclic amines) is 1. The Balaban J connectivity index is 1.71. The molecule has 1 aromatic heterocycles. The summed E-state index contributed by atoms with van der Waals surface area (Å²) in [5.74, 6) is 1.71. The molecule has 1 fully saturated rings. The van der Waals surface area contributed by atoms with E-state index in [9.17, 15) is 0 Å². The lowest BCUT2D eigenvalue weighted by atomic mass is 9.90. The van der Waals surface area contributed by atoms with E-state index in [-0.39, 0.29) is 0 Å². The molecule has 1 atom stereocenters. The molecule has 17 heavy (non-hydrogen) atoms. The van der Waals surface area contributed by atoms with Crippen LogP contribution in [0.1, 0.15) is 32.5 Å². The summed E-state index contributed by atoms with van der Waals surface area (Å²) in [6.07, 6.45) is 4.16. The van der Waals surface area contributed by atoms with Crippen molar-refractivity contribution in [1.82, 2.24) is 25.4 Å². The Kier molecular flexibility index (Phi) is 4.50. The van der Waals surface area contributed by atoms with E-state index in [2.05, 4.69) is 39.2 Å². The molecule has 1 aliphatic heterocycles. The van der Waals surface area contributed by atoms with Gasteiger partial charge in [-0.2, -0.15) is 5.10 Å². The molecule has 0 aliphatic carbocycles. The fraction of sp³-hybridized carbons (Fsp3) is 0.833. The quantitative estimate of drug-likeness (QED) is 0.802. The van der Waals surface area contributed by atoms with E-state index >= 15 is 0 Å². The molecule has 0 aromatic carbocycles. The molecular formula is C12H23N5. The van der Waals surface area contributed by atoms with Crippen molar-refractivity contribution in [1.29, 1.82) is 0 Å². The molecule has 0 spiro atoms. The van der Waals surface area contributed by atoms with Gasteiger partial charge in [-0.05, 0) is 45.3 Å². The fourth-order valence-corrected chi connectivity index (χ4v) is 2.51. The van der Waals surface area contributed by atoms with E-state index in [1.165, 1.54) is 32.5 Å². The Morgan fingerprint density at radius 1 is 1.53 bits per heavy atom. The zero-order chi connectivity index (χ0) is 12.1. The van der Waals surface area contributed by atoms with Crippen LogP contribution in [0.5, 0.6) is 0 Å². The van der Waals surface area contributed by atoms with E-state index < -0.39 is 0 Å². The highest BCUT2D eigenvalue weighted by molar-refractivity contribution is 4.83. The summed E-state index contributed by atoms with van der Waals surface area (Å²) in [5, 5.41) is 10.3. The van der Waals surface area contributed by atoms with Gasteiger partial charge in [-0.25, -0.2) is 4.98 Å². The second-order valence-corrected chi connectivity index (χ2v) is 4.87. The third-order valence-corrected chi connectivity index (χ3v) is 3.84. The van der Waals surface area contributed by atoms with Crippen molar-refractivity contribution in [2.24, 2.45) is 5.92 Å². The average Bonchev–Trinajstić information content (AvgIpc) is 2.89. The Morgan fingerprint density at radius 3 is 2.88 bits per heavy atom. The van der Waals surface area contributed by atoms with Crippen molar-refractivity contribution in [3.63, 3.8) is 0 Å². The van der Waals surface area contributed by atoms with Crippen molar-refractivity contribution in [2.75, 3.05) is 19.6 Å². The maximum absolute atomic E-state index is 4.12. The van der Waals surface area contributed by atoms with Gasteiger partial charge in [-0.15, -0.1) is 0 Å². The Hall–Kier alpha value is -0.940. The molecule has 0 amide bonds. The minimum absolute atomic E-state index is 0.555. The molecule has 96 valence electrons. The van der Waals surface area contributed by atoms with Crippen molar-refractivity contribution < 1.29 is 0 Å². The van der Waals surface area contributed by atoms with E-state index in [0.29, 0.717) is 6.04 Å². The van der Waals surface area contributed by atoms with Crippen molar-refractivity contribution in [3.8, 4) is 0 Å². The fourth-order valence-electron chi connectivity index (χ4n) is 2.51. The van der Waals surface area contributed by atoms with E-state index in [1.54, 1.807) is 6.33 Å². The zero-order valence-electron chi connectivity index (χ0n) is 10.8. The molecule has 0 bridgehead atoms. The van der Waals surface area contributed by atoms with Crippen LogP contribution in [0.4, 0.5) is 0 Å². The number of hydrogen-bond donors (Lipinski definition) is 2. The summed E-state index contributed by atoms with van der Waals surface area (Å²) in [6, 6.07) is 0.555. The highest BCUT2D eigenvalue weighted by Crippen LogP contribution is 2.20. The smallest absolute Gasteiger partial charge is 0.138 e. The lowest BCUT2D eigenvalue weighted by molar-refractivity contribution is 0.168. The predicted octanol–water partition coefficient (Wildman–Crippen LogP) is 1.01. The standard InChI is InChI=1S/C12H23N5/c1-3-17-6-4-11(5-7-17)10(2)13-8-12-14-9-15-16-12/h9-11,13H,3-8H2,1-2H3,(H,14,15,16). The molecule has 5 nitrogen and oxygen atoms in total. The molecule has 1 unspecified atom stereocenters. The van der Waals surface area contributed by atoms with Gasteiger partial charge >= 0.3 is 0 Å². The van der Waals surface area contributed by atoms with Gasteiger partial charge < -0.3 is 10.2 Å². The van der Waals surface area contributed by atoms with E-state index in [0.717, 1.165) is 18.3 Å². The third kappa shape index (κ3) is 3.51. The van der Waals surface area contributed by atoms with E-state index in [1.807, 2.05) is 0 Å². The van der Waals surface area contributed by atoms with Gasteiger partial charge in [0, 0.05) is 6.04 Å². The molecule has 1 aliphatic rings. The Morgan fingerprint density at radius 2 is 2.29 bits per heavy atom. The number of piperidine rings is 1. The number of H-pyrrole nitrogens is 1. The normalized spacial score (nSPS) is 20.6. The molecular weight excluding hydrogens is 214 g/mol. The third-order valence-electron chi connectivity index (χ3n) is 3.84. The molecule has 5 heteroatoms. The van der Waals surface area contributed by atoms with Crippen LogP contribution in [0, 0.1) is 5.92 Å². The van der Waals surface area contributed by atoms with Crippen molar-refractivity contribution >= 4 is 0 Å².